The second-order valence-corrected chi connectivity index (χ2v) is 12.2. The zero-order valence-electron chi connectivity index (χ0n) is 23.6. The van der Waals surface area contributed by atoms with Crippen LogP contribution in [0.3, 0.4) is 0 Å². The molecule has 3 saturated carbocycles. The van der Waals surface area contributed by atoms with E-state index < -0.39 is 5.79 Å². The number of fused-ring (bicyclic) bond motifs is 4. The van der Waals surface area contributed by atoms with Crippen molar-refractivity contribution in [3.8, 4) is 0 Å². The predicted octanol–water partition coefficient (Wildman–Crippen LogP) is 7.08. The second kappa shape index (κ2) is 10.6. The molecule has 7 rings (SSSR count). The maximum atomic E-state index is 13.2. The van der Waals surface area contributed by atoms with Crippen molar-refractivity contribution in [3.63, 3.8) is 0 Å². The molecule has 0 radical (unpaired) electrons. The lowest BCUT2D eigenvalue weighted by molar-refractivity contribution is -0.181. The van der Waals surface area contributed by atoms with Gasteiger partial charge in [-0.15, -0.1) is 12.4 Å². The van der Waals surface area contributed by atoms with Gasteiger partial charge in [0.25, 0.3) is 0 Å². The molecule has 38 heavy (non-hydrogen) atoms. The summed E-state index contributed by atoms with van der Waals surface area (Å²) in [7, 11) is 0. The highest BCUT2D eigenvalue weighted by Crippen LogP contribution is 2.64. The van der Waals surface area contributed by atoms with Gasteiger partial charge in [-0.1, -0.05) is 56.2 Å². The van der Waals surface area contributed by atoms with Gasteiger partial charge >= 0.3 is 0 Å². The SMILES string of the molecule is CC.CC1(c2ccc(C3CC4(C)C(=O)CCC4C4CCC5CC6(CCC5=C34)OCCO6)cc2)OCCO1.Cl. The van der Waals surface area contributed by atoms with Crippen LogP contribution in [0.2, 0.25) is 0 Å². The van der Waals surface area contributed by atoms with E-state index in [1.807, 2.05) is 20.8 Å². The number of carbonyl (C=O) groups is 1. The molecule has 1 aromatic rings. The largest absolute Gasteiger partial charge is 0.348 e. The first kappa shape index (κ1) is 28.3. The van der Waals surface area contributed by atoms with Crippen LogP contribution in [-0.2, 0) is 29.5 Å². The molecule has 5 nitrogen and oxygen atoms in total. The minimum absolute atomic E-state index is 0. The fourth-order valence-corrected chi connectivity index (χ4v) is 8.76. The fraction of sp³-hybridized carbons (Fsp3) is 0.719. The lowest BCUT2D eigenvalue weighted by Gasteiger charge is -2.52. The summed E-state index contributed by atoms with van der Waals surface area (Å²) in [5.41, 5.74) is 5.58. The molecule has 0 aromatic heterocycles. The van der Waals surface area contributed by atoms with Crippen molar-refractivity contribution in [2.45, 2.75) is 96.6 Å². The van der Waals surface area contributed by atoms with E-state index in [1.165, 1.54) is 18.4 Å². The van der Waals surface area contributed by atoms with Gasteiger partial charge in [0, 0.05) is 36.2 Å². The Morgan fingerprint density at radius 2 is 1.47 bits per heavy atom. The highest BCUT2D eigenvalue weighted by atomic mass is 35.5. The van der Waals surface area contributed by atoms with Gasteiger partial charge in [-0.2, -0.15) is 0 Å². The summed E-state index contributed by atoms with van der Waals surface area (Å²) >= 11 is 0. The lowest BCUT2D eigenvalue weighted by Crippen LogP contribution is -2.46. The van der Waals surface area contributed by atoms with Crippen LogP contribution < -0.4 is 0 Å². The lowest BCUT2D eigenvalue weighted by atomic mass is 9.52. The van der Waals surface area contributed by atoms with Crippen LogP contribution >= 0.6 is 12.4 Å². The summed E-state index contributed by atoms with van der Waals surface area (Å²) in [4.78, 5) is 13.2. The first-order valence-electron chi connectivity index (χ1n) is 14.8. The third kappa shape index (κ3) is 4.41. The van der Waals surface area contributed by atoms with Crippen molar-refractivity contribution in [2.24, 2.45) is 23.2 Å². The van der Waals surface area contributed by atoms with Gasteiger partial charge in [-0.3, -0.25) is 4.79 Å². The van der Waals surface area contributed by atoms with Crippen LogP contribution in [0, 0.1) is 23.2 Å². The molecule has 0 bridgehead atoms. The van der Waals surface area contributed by atoms with Crippen molar-refractivity contribution in [3.05, 3.63) is 46.5 Å². The number of halogens is 1. The number of ether oxygens (including phenoxy) is 4. The molecule has 0 N–H and O–H groups in total. The van der Waals surface area contributed by atoms with Crippen LogP contribution in [0.5, 0.6) is 0 Å². The summed E-state index contributed by atoms with van der Waals surface area (Å²) in [6.07, 6.45) is 8.21. The summed E-state index contributed by atoms with van der Waals surface area (Å²) in [5.74, 6) is 1.40. The minimum Gasteiger partial charge on any atom is -0.348 e. The van der Waals surface area contributed by atoms with Crippen LogP contribution in [-0.4, -0.2) is 38.0 Å². The second-order valence-electron chi connectivity index (χ2n) is 12.2. The quantitative estimate of drug-likeness (QED) is 0.372. The third-order valence-electron chi connectivity index (χ3n) is 10.5. The van der Waals surface area contributed by atoms with Crippen LogP contribution in [0.4, 0.5) is 0 Å². The van der Waals surface area contributed by atoms with Crippen molar-refractivity contribution in [2.75, 3.05) is 26.4 Å². The molecular weight excluding hydrogens is 500 g/mol. The summed E-state index contributed by atoms with van der Waals surface area (Å²) < 4.78 is 24.1. The predicted molar refractivity (Wildman–Crippen MR) is 149 cm³/mol. The zero-order chi connectivity index (χ0) is 25.8. The maximum Gasteiger partial charge on any atom is 0.192 e. The Hall–Kier alpha value is -1.24. The minimum atomic E-state index is -0.650. The number of rotatable bonds is 2. The van der Waals surface area contributed by atoms with E-state index in [1.54, 1.807) is 11.1 Å². The third-order valence-corrected chi connectivity index (χ3v) is 10.5. The van der Waals surface area contributed by atoms with Crippen molar-refractivity contribution < 1.29 is 23.7 Å². The van der Waals surface area contributed by atoms with Crippen molar-refractivity contribution in [1.82, 2.24) is 0 Å². The molecular formula is C32H45ClO5. The molecule has 1 aromatic carbocycles. The van der Waals surface area contributed by atoms with Gasteiger partial charge < -0.3 is 18.9 Å². The van der Waals surface area contributed by atoms with Crippen molar-refractivity contribution >= 4 is 18.2 Å². The molecule has 5 atom stereocenters. The molecule has 0 amide bonds. The molecule has 2 heterocycles. The molecule has 2 aliphatic heterocycles. The average Bonchev–Trinajstić information content (AvgIpc) is 3.65. The monoisotopic (exact) mass is 544 g/mol. The number of allylic oxidation sites excluding steroid dienone is 2. The Labute approximate surface area is 234 Å². The molecule has 5 unspecified atom stereocenters. The van der Waals surface area contributed by atoms with E-state index in [-0.39, 0.29) is 23.6 Å². The number of Topliss-reactive ketones (excluding diaryl/α,β-unsaturated/α-hetero) is 1. The molecule has 210 valence electrons. The normalized spacial score (nSPS) is 36.6. The van der Waals surface area contributed by atoms with E-state index in [0.717, 1.165) is 57.3 Å². The van der Waals surface area contributed by atoms with Gasteiger partial charge in [-0.05, 0) is 62.3 Å². The Kier molecular flexibility index (Phi) is 7.91. The van der Waals surface area contributed by atoms with E-state index >= 15 is 0 Å². The maximum absolute atomic E-state index is 13.2. The first-order valence-corrected chi connectivity index (χ1v) is 14.8. The molecule has 6 aliphatic rings. The first-order chi connectivity index (χ1) is 17.9. The average molecular weight is 545 g/mol. The Morgan fingerprint density at radius 3 is 2.16 bits per heavy atom. The molecule has 4 aliphatic carbocycles. The Balaban J connectivity index is 0.000000959. The number of ketones is 1. The Morgan fingerprint density at radius 1 is 0.816 bits per heavy atom. The smallest absolute Gasteiger partial charge is 0.192 e. The summed E-state index contributed by atoms with van der Waals surface area (Å²) in [6.45, 7) is 11.0. The van der Waals surface area contributed by atoms with E-state index in [4.69, 9.17) is 18.9 Å². The van der Waals surface area contributed by atoms with Crippen LogP contribution in [0.15, 0.2) is 35.4 Å². The zero-order valence-corrected chi connectivity index (χ0v) is 24.4. The molecule has 2 saturated heterocycles. The Bertz CT molecular complexity index is 1050. The van der Waals surface area contributed by atoms with E-state index in [0.29, 0.717) is 42.7 Å². The fourth-order valence-electron chi connectivity index (χ4n) is 8.76. The summed E-state index contributed by atoms with van der Waals surface area (Å²) in [5, 5.41) is 0. The topological polar surface area (TPSA) is 54.0 Å². The number of benzene rings is 1. The molecule has 6 heteroatoms. The van der Waals surface area contributed by atoms with Gasteiger partial charge in [0.15, 0.2) is 11.6 Å². The number of carbonyl (C=O) groups excluding carboxylic acids is 1. The standard InChI is InChI=1S/C30H38O5.C2H6.ClH/c1-28-18-24(19-3-6-21(7-4-19)29(2)32-13-14-33-29)27-22-11-12-30(34-15-16-35-30)17-20(22)5-8-23(27)25(28)9-10-26(28)31;1-2;/h3-4,6-7,20,23-25H,5,8-18H2,1-2H3;1-2H3;1H. The van der Waals surface area contributed by atoms with Gasteiger partial charge in [-0.25, -0.2) is 0 Å². The van der Waals surface area contributed by atoms with E-state index in [9.17, 15) is 4.79 Å². The molecule has 1 spiro atoms. The van der Waals surface area contributed by atoms with Gasteiger partial charge in [0.2, 0.25) is 0 Å². The number of hydrogen-bond donors (Lipinski definition) is 0. The van der Waals surface area contributed by atoms with Crippen molar-refractivity contribution in [1.29, 1.82) is 0 Å². The number of hydrogen-bond acceptors (Lipinski definition) is 5. The highest BCUT2D eigenvalue weighted by Gasteiger charge is 2.57. The summed E-state index contributed by atoms with van der Waals surface area (Å²) in [6, 6.07) is 8.92. The highest BCUT2D eigenvalue weighted by molar-refractivity contribution is 5.87. The van der Waals surface area contributed by atoms with E-state index in [2.05, 4.69) is 31.2 Å². The van der Waals surface area contributed by atoms with Gasteiger partial charge in [0.05, 0.1) is 26.4 Å². The van der Waals surface area contributed by atoms with Crippen LogP contribution in [0.1, 0.15) is 96.1 Å². The van der Waals surface area contributed by atoms with Gasteiger partial charge in [0.1, 0.15) is 5.78 Å². The van der Waals surface area contributed by atoms with Crippen LogP contribution in [0.25, 0.3) is 0 Å². The molecule has 5 fully saturated rings.